The molecule has 24 heavy (non-hydrogen) atoms. The van der Waals surface area contributed by atoms with E-state index >= 15 is 0 Å². The van der Waals surface area contributed by atoms with Gasteiger partial charge in [0.25, 0.3) is 5.91 Å². The molecule has 1 aliphatic heterocycles. The highest BCUT2D eigenvalue weighted by atomic mass is 35.5. The predicted molar refractivity (Wildman–Crippen MR) is 80.6 cm³/mol. The zero-order valence-electron chi connectivity index (χ0n) is 12.1. The van der Waals surface area contributed by atoms with E-state index in [1.54, 1.807) is 0 Å². The number of fused-ring (bicyclic) bond motifs is 1. The summed E-state index contributed by atoms with van der Waals surface area (Å²) in [6, 6.07) is 2.30. The van der Waals surface area contributed by atoms with Gasteiger partial charge in [0.05, 0.1) is 5.56 Å². The maximum Gasteiger partial charge on any atom is 0.419 e. The van der Waals surface area contributed by atoms with Crippen molar-refractivity contribution in [1.29, 1.82) is 0 Å². The molecule has 1 aliphatic rings. The molecule has 1 amide bonds. The average Bonchev–Trinajstić information content (AvgIpc) is 2.92. The summed E-state index contributed by atoms with van der Waals surface area (Å²) in [5, 5.41) is 12.1. The first-order chi connectivity index (χ1) is 10.9. The van der Waals surface area contributed by atoms with Crippen LogP contribution in [0.4, 0.5) is 23.2 Å². The van der Waals surface area contributed by atoms with Gasteiger partial charge < -0.3 is 10.6 Å². The summed E-state index contributed by atoms with van der Waals surface area (Å²) in [5.74, 6) is -2.04. The van der Waals surface area contributed by atoms with Crippen molar-refractivity contribution in [2.24, 2.45) is 0 Å². The second-order valence-electron chi connectivity index (χ2n) is 5.10. The summed E-state index contributed by atoms with van der Waals surface area (Å²) >= 11 is 0. The van der Waals surface area contributed by atoms with Crippen molar-refractivity contribution in [3.8, 4) is 0 Å². The molecule has 0 radical (unpaired) electrons. The number of alkyl halides is 3. The van der Waals surface area contributed by atoms with E-state index in [4.69, 9.17) is 0 Å². The molecule has 1 aromatic heterocycles. The van der Waals surface area contributed by atoms with E-state index in [1.807, 2.05) is 0 Å². The van der Waals surface area contributed by atoms with Gasteiger partial charge in [-0.1, -0.05) is 0 Å². The number of rotatable bonds is 2. The highest BCUT2D eigenvalue weighted by Crippen LogP contribution is 2.33. The summed E-state index contributed by atoms with van der Waals surface area (Å²) in [7, 11) is 0. The Labute approximate surface area is 140 Å². The van der Waals surface area contributed by atoms with Crippen molar-refractivity contribution in [1.82, 2.24) is 15.5 Å². The van der Waals surface area contributed by atoms with Crippen molar-refractivity contribution in [3.63, 3.8) is 0 Å². The Bertz CT molecular complexity index is 760. The zero-order chi connectivity index (χ0) is 16.6. The second-order valence-corrected chi connectivity index (χ2v) is 5.10. The van der Waals surface area contributed by atoms with Crippen LogP contribution in [0.15, 0.2) is 18.2 Å². The molecular weight excluding hydrogens is 352 g/mol. The second kappa shape index (κ2) is 6.78. The lowest BCUT2D eigenvalue weighted by atomic mass is 10.1. The smallest absolute Gasteiger partial charge is 0.321 e. The topological polar surface area (TPSA) is 69.8 Å². The summed E-state index contributed by atoms with van der Waals surface area (Å²) in [6.07, 6.45) is -4.15. The molecule has 0 bridgehead atoms. The van der Waals surface area contributed by atoms with Crippen LogP contribution in [-0.2, 0) is 19.1 Å². The number of amides is 1. The SMILES string of the molecule is Cl.O=C(Nc1ccc(F)c(C(F)(F)F)c1)c1n[nH]c2c1CNCC2. The number of aromatic amines is 1. The third kappa shape index (κ3) is 3.51. The van der Waals surface area contributed by atoms with Crippen LogP contribution in [0, 0.1) is 5.82 Å². The van der Waals surface area contributed by atoms with Crippen molar-refractivity contribution >= 4 is 24.0 Å². The van der Waals surface area contributed by atoms with Gasteiger partial charge >= 0.3 is 6.18 Å². The number of anilines is 1. The van der Waals surface area contributed by atoms with Crippen LogP contribution >= 0.6 is 12.4 Å². The van der Waals surface area contributed by atoms with Crippen LogP contribution in [0.25, 0.3) is 0 Å². The molecule has 10 heteroatoms. The Kier molecular flexibility index (Phi) is 5.14. The fraction of sp³-hybridized carbons (Fsp3) is 0.286. The summed E-state index contributed by atoms with van der Waals surface area (Å²) < 4.78 is 51.3. The zero-order valence-corrected chi connectivity index (χ0v) is 12.9. The molecule has 3 rings (SSSR count). The Hall–Kier alpha value is -2.13. The lowest BCUT2D eigenvalue weighted by molar-refractivity contribution is -0.139. The number of aromatic nitrogens is 2. The molecule has 3 N–H and O–H groups in total. The van der Waals surface area contributed by atoms with E-state index in [9.17, 15) is 22.4 Å². The van der Waals surface area contributed by atoms with Crippen molar-refractivity contribution in [2.45, 2.75) is 19.1 Å². The molecule has 1 aromatic carbocycles. The fourth-order valence-corrected chi connectivity index (χ4v) is 2.42. The van der Waals surface area contributed by atoms with Gasteiger partial charge in [-0.2, -0.15) is 18.3 Å². The molecule has 0 saturated carbocycles. The van der Waals surface area contributed by atoms with Crippen LogP contribution in [0.3, 0.4) is 0 Å². The van der Waals surface area contributed by atoms with Gasteiger partial charge in [-0.15, -0.1) is 12.4 Å². The van der Waals surface area contributed by atoms with Gasteiger partial charge in [-0.05, 0) is 18.2 Å². The van der Waals surface area contributed by atoms with Gasteiger partial charge in [-0.3, -0.25) is 9.89 Å². The number of hydrogen-bond donors (Lipinski definition) is 3. The van der Waals surface area contributed by atoms with E-state index in [-0.39, 0.29) is 23.8 Å². The molecule has 0 fully saturated rings. The maximum atomic E-state index is 13.2. The summed E-state index contributed by atoms with van der Waals surface area (Å²) in [6.45, 7) is 1.20. The van der Waals surface area contributed by atoms with Crippen molar-refractivity contribution in [2.75, 3.05) is 11.9 Å². The first-order valence-electron chi connectivity index (χ1n) is 6.81. The largest absolute Gasteiger partial charge is 0.419 e. The number of halogens is 5. The molecule has 0 spiro atoms. The van der Waals surface area contributed by atoms with E-state index < -0.39 is 23.5 Å². The highest BCUT2D eigenvalue weighted by Gasteiger charge is 2.34. The molecule has 0 atom stereocenters. The Morgan fingerprint density at radius 1 is 1.29 bits per heavy atom. The predicted octanol–water partition coefficient (Wildman–Crippen LogP) is 2.89. The van der Waals surface area contributed by atoms with Crippen LogP contribution in [0.2, 0.25) is 0 Å². The van der Waals surface area contributed by atoms with Crippen LogP contribution in [-0.4, -0.2) is 22.6 Å². The van der Waals surface area contributed by atoms with Gasteiger partial charge in [-0.25, -0.2) is 4.39 Å². The normalized spacial score (nSPS) is 13.8. The lowest BCUT2D eigenvalue weighted by Gasteiger charge is -2.13. The van der Waals surface area contributed by atoms with E-state index in [0.29, 0.717) is 30.7 Å². The number of benzene rings is 1. The number of hydrogen-bond acceptors (Lipinski definition) is 3. The molecule has 130 valence electrons. The van der Waals surface area contributed by atoms with Gasteiger partial charge in [0.1, 0.15) is 5.82 Å². The minimum atomic E-state index is -4.83. The van der Waals surface area contributed by atoms with Gasteiger partial charge in [0.15, 0.2) is 5.69 Å². The minimum Gasteiger partial charge on any atom is -0.321 e. The number of carbonyl (C=O) groups excluding carboxylic acids is 1. The van der Waals surface area contributed by atoms with Gasteiger partial charge in [0, 0.05) is 36.5 Å². The number of carbonyl (C=O) groups is 1. The molecular formula is C14H13ClF4N4O. The number of nitrogens with zero attached hydrogens (tertiary/aromatic N) is 1. The fourth-order valence-electron chi connectivity index (χ4n) is 2.42. The van der Waals surface area contributed by atoms with E-state index in [0.717, 1.165) is 18.3 Å². The molecule has 5 nitrogen and oxygen atoms in total. The summed E-state index contributed by atoms with van der Waals surface area (Å²) in [4.78, 5) is 12.2. The Morgan fingerprint density at radius 2 is 2.04 bits per heavy atom. The van der Waals surface area contributed by atoms with Crippen molar-refractivity contribution in [3.05, 3.63) is 46.5 Å². The standard InChI is InChI=1S/C14H12F4N4O.ClH/c15-10-2-1-7(5-9(10)14(16,17)18)20-13(23)12-8-6-19-4-3-11(8)21-22-12;/h1-2,5,19H,3-4,6H2,(H,20,23)(H,21,22);1H. The number of H-pyrrole nitrogens is 1. The third-order valence-corrected chi connectivity index (χ3v) is 3.55. The maximum absolute atomic E-state index is 13.2. The molecule has 2 heterocycles. The molecule has 0 aliphatic carbocycles. The van der Waals surface area contributed by atoms with Gasteiger partial charge in [0.2, 0.25) is 0 Å². The summed E-state index contributed by atoms with van der Waals surface area (Å²) in [5.41, 5.74) is 0.0474. The minimum absolute atomic E-state index is 0. The quantitative estimate of drug-likeness (QED) is 0.718. The van der Waals surface area contributed by atoms with Crippen LogP contribution in [0.1, 0.15) is 27.3 Å². The third-order valence-electron chi connectivity index (χ3n) is 3.55. The highest BCUT2D eigenvalue weighted by molar-refractivity contribution is 6.04. The molecule has 0 saturated heterocycles. The Morgan fingerprint density at radius 3 is 2.75 bits per heavy atom. The van der Waals surface area contributed by atoms with E-state index in [1.165, 1.54) is 0 Å². The molecule has 0 unspecified atom stereocenters. The lowest BCUT2D eigenvalue weighted by Crippen LogP contribution is -2.25. The van der Waals surface area contributed by atoms with Crippen molar-refractivity contribution < 1.29 is 22.4 Å². The first kappa shape index (κ1) is 18.2. The van der Waals surface area contributed by atoms with E-state index in [2.05, 4.69) is 20.8 Å². The van der Waals surface area contributed by atoms with Crippen LogP contribution < -0.4 is 10.6 Å². The monoisotopic (exact) mass is 364 g/mol. The molecule has 2 aromatic rings. The Balaban J connectivity index is 0.00000208. The average molecular weight is 365 g/mol. The van der Waals surface area contributed by atoms with Crippen LogP contribution in [0.5, 0.6) is 0 Å². The number of nitrogens with one attached hydrogen (secondary N) is 3. The first-order valence-corrected chi connectivity index (χ1v) is 6.81.